The Kier molecular flexibility index (Phi) is 2.81. The summed E-state index contributed by atoms with van der Waals surface area (Å²) in [4.78, 5) is 10.1. The summed E-state index contributed by atoms with van der Waals surface area (Å²) in [6, 6.07) is 4.83. The molecule has 5 nitrogen and oxygen atoms in total. The summed E-state index contributed by atoms with van der Waals surface area (Å²) < 4.78 is 0. The molecule has 70 valence electrons. The zero-order chi connectivity index (χ0) is 9.84. The highest BCUT2D eigenvalue weighted by atomic mass is 16.6. The molecule has 0 radical (unpaired) electrons. The SMILES string of the molecule is CNc1cccc([N+](=O)[O-])c1CN. The minimum Gasteiger partial charge on any atom is -0.388 e. The molecule has 1 aromatic carbocycles. The maximum Gasteiger partial charge on any atom is 0.275 e. The van der Waals surface area contributed by atoms with Crippen molar-refractivity contribution >= 4 is 11.4 Å². The third-order valence-electron chi connectivity index (χ3n) is 1.82. The van der Waals surface area contributed by atoms with Crippen LogP contribution in [-0.4, -0.2) is 12.0 Å². The summed E-state index contributed by atoms with van der Waals surface area (Å²) in [7, 11) is 1.71. The van der Waals surface area contributed by atoms with Gasteiger partial charge < -0.3 is 11.1 Å². The Morgan fingerprint density at radius 2 is 2.31 bits per heavy atom. The van der Waals surface area contributed by atoms with E-state index >= 15 is 0 Å². The normalized spacial score (nSPS) is 9.69. The Labute approximate surface area is 75.7 Å². The molecule has 0 unspecified atom stereocenters. The molecule has 0 atom stereocenters. The van der Waals surface area contributed by atoms with Crippen LogP contribution in [0.5, 0.6) is 0 Å². The van der Waals surface area contributed by atoms with Crippen molar-refractivity contribution in [3.05, 3.63) is 33.9 Å². The molecule has 0 heterocycles. The second-order valence-corrected chi connectivity index (χ2v) is 2.51. The minimum absolute atomic E-state index is 0.0642. The van der Waals surface area contributed by atoms with E-state index in [2.05, 4.69) is 5.32 Å². The van der Waals surface area contributed by atoms with E-state index in [0.717, 1.165) is 0 Å². The molecule has 5 heteroatoms. The first-order valence-corrected chi connectivity index (χ1v) is 3.84. The Morgan fingerprint density at radius 1 is 1.62 bits per heavy atom. The van der Waals surface area contributed by atoms with Crippen molar-refractivity contribution in [1.29, 1.82) is 0 Å². The monoisotopic (exact) mass is 181 g/mol. The van der Waals surface area contributed by atoms with Gasteiger partial charge in [-0.25, -0.2) is 0 Å². The van der Waals surface area contributed by atoms with Crippen LogP contribution in [0.15, 0.2) is 18.2 Å². The summed E-state index contributed by atoms with van der Waals surface area (Å²) in [5.41, 5.74) is 6.73. The van der Waals surface area contributed by atoms with Crippen LogP contribution in [0.1, 0.15) is 5.56 Å². The van der Waals surface area contributed by atoms with Gasteiger partial charge in [-0.1, -0.05) is 6.07 Å². The van der Waals surface area contributed by atoms with E-state index in [4.69, 9.17) is 5.73 Å². The first-order valence-electron chi connectivity index (χ1n) is 3.84. The molecule has 1 rings (SSSR count). The van der Waals surface area contributed by atoms with E-state index in [1.54, 1.807) is 19.2 Å². The van der Waals surface area contributed by atoms with Crippen LogP contribution < -0.4 is 11.1 Å². The van der Waals surface area contributed by atoms with Crippen molar-refractivity contribution in [2.24, 2.45) is 5.73 Å². The number of rotatable bonds is 3. The molecule has 0 aliphatic rings. The summed E-state index contributed by atoms with van der Waals surface area (Å²) in [6.07, 6.45) is 0. The third-order valence-corrected chi connectivity index (χ3v) is 1.82. The van der Waals surface area contributed by atoms with Gasteiger partial charge in [0.2, 0.25) is 0 Å². The smallest absolute Gasteiger partial charge is 0.275 e. The van der Waals surface area contributed by atoms with Gasteiger partial charge in [-0.3, -0.25) is 10.1 Å². The number of nitrogens with two attached hydrogens (primary N) is 1. The molecule has 1 aromatic rings. The third kappa shape index (κ3) is 1.75. The molecule has 0 spiro atoms. The maximum atomic E-state index is 10.6. The van der Waals surface area contributed by atoms with Gasteiger partial charge in [-0.2, -0.15) is 0 Å². The highest BCUT2D eigenvalue weighted by Gasteiger charge is 2.14. The van der Waals surface area contributed by atoms with Gasteiger partial charge in [0.1, 0.15) is 0 Å². The van der Waals surface area contributed by atoms with Crippen LogP contribution in [0.3, 0.4) is 0 Å². The van der Waals surface area contributed by atoms with Crippen LogP contribution in [0.4, 0.5) is 11.4 Å². The fourth-order valence-electron chi connectivity index (χ4n) is 1.19. The Balaban J connectivity index is 3.27. The largest absolute Gasteiger partial charge is 0.388 e. The summed E-state index contributed by atoms with van der Waals surface area (Å²) >= 11 is 0. The number of nitro groups is 1. The van der Waals surface area contributed by atoms with Gasteiger partial charge in [0.15, 0.2) is 0 Å². The molecule has 0 aliphatic heterocycles. The number of benzene rings is 1. The van der Waals surface area contributed by atoms with Crippen LogP contribution in [0, 0.1) is 10.1 Å². The number of nitrogens with one attached hydrogen (secondary N) is 1. The molecule has 0 aliphatic carbocycles. The van der Waals surface area contributed by atoms with Crippen molar-refractivity contribution in [2.45, 2.75) is 6.54 Å². The minimum atomic E-state index is -0.428. The molecule has 0 bridgehead atoms. The van der Waals surface area contributed by atoms with Gasteiger partial charge in [-0.05, 0) is 6.07 Å². The first-order chi connectivity index (χ1) is 6.20. The van der Waals surface area contributed by atoms with Crippen molar-refractivity contribution in [3.63, 3.8) is 0 Å². The van der Waals surface area contributed by atoms with Gasteiger partial charge in [0.25, 0.3) is 5.69 Å². The fourth-order valence-corrected chi connectivity index (χ4v) is 1.19. The Morgan fingerprint density at radius 3 is 2.77 bits per heavy atom. The number of nitrogens with zero attached hydrogens (tertiary/aromatic N) is 1. The lowest BCUT2D eigenvalue weighted by atomic mass is 10.1. The van der Waals surface area contributed by atoms with Crippen LogP contribution >= 0.6 is 0 Å². The molecular weight excluding hydrogens is 170 g/mol. The van der Waals surface area contributed by atoms with Crippen LogP contribution in [0.25, 0.3) is 0 Å². The second kappa shape index (κ2) is 3.86. The van der Waals surface area contributed by atoms with E-state index in [1.807, 2.05) is 0 Å². The summed E-state index contributed by atoms with van der Waals surface area (Å²) in [5, 5.41) is 13.4. The molecule has 13 heavy (non-hydrogen) atoms. The summed E-state index contributed by atoms with van der Waals surface area (Å²) in [5.74, 6) is 0. The zero-order valence-corrected chi connectivity index (χ0v) is 7.28. The lowest BCUT2D eigenvalue weighted by Gasteiger charge is -2.06. The fraction of sp³-hybridized carbons (Fsp3) is 0.250. The highest BCUT2D eigenvalue weighted by molar-refractivity contribution is 5.60. The number of nitro benzene ring substituents is 1. The predicted octanol–water partition coefficient (Wildman–Crippen LogP) is 1.10. The van der Waals surface area contributed by atoms with Gasteiger partial charge in [-0.15, -0.1) is 0 Å². The van der Waals surface area contributed by atoms with Crippen molar-refractivity contribution < 1.29 is 4.92 Å². The average Bonchev–Trinajstić information content (AvgIpc) is 2.16. The molecule has 0 aromatic heterocycles. The lowest BCUT2D eigenvalue weighted by molar-refractivity contribution is -0.385. The second-order valence-electron chi connectivity index (χ2n) is 2.51. The van der Waals surface area contributed by atoms with E-state index in [-0.39, 0.29) is 12.2 Å². The molecule has 0 saturated carbocycles. The highest BCUT2D eigenvalue weighted by Crippen LogP contribution is 2.24. The standard InChI is InChI=1S/C8H11N3O2/c1-10-7-3-2-4-8(11(12)13)6(7)5-9/h2-4,10H,5,9H2,1H3. The number of hydrogen-bond acceptors (Lipinski definition) is 4. The van der Waals surface area contributed by atoms with Gasteiger partial charge in [0, 0.05) is 25.3 Å². The number of hydrogen-bond donors (Lipinski definition) is 2. The number of anilines is 1. The van der Waals surface area contributed by atoms with Crippen LogP contribution in [-0.2, 0) is 6.54 Å². The molecule has 0 fully saturated rings. The van der Waals surface area contributed by atoms with Crippen LogP contribution in [0.2, 0.25) is 0 Å². The Hall–Kier alpha value is -1.62. The lowest BCUT2D eigenvalue weighted by Crippen LogP contribution is -2.05. The molecular formula is C8H11N3O2. The molecule has 0 amide bonds. The van der Waals surface area contributed by atoms with Crippen molar-refractivity contribution in [1.82, 2.24) is 0 Å². The van der Waals surface area contributed by atoms with Crippen molar-refractivity contribution in [2.75, 3.05) is 12.4 Å². The van der Waals surface area contributed by atoms with Crippen molar-refractivity contribution in [3.8, 4) is 0 Å². The molecule has 0 saturated heterocycles. The topological polar surface area (TPSA) is 81.2 Å². The zero-order valence-electron chi connectivity index (χ0n) is 7.28. The van der Waals surface area contributed by atoms with Gasteiger partial charge in [0.05, 0.1) is 10.5 Å². The molecule has 3 N–H and O–H groups in total. The van der Waals surface area contributed by atoms with Gasteiger partial charge >= 0.3 is 0 Å². The Bertz CT molecular complexity index is 325. The predicted molar refractivity (Wildman–Crippen MR) is 50.5 cm³/mol. The first kappa shape index (κ1) is 9.47. The quantitative estimate of drug-likeness (QED) is 0.540. The summed E-state index contributed by atoms with van der Waals surface area (Å²) in [6.45, 7) is 0.160. The average molecular weight is 181 g/mol. The van der Waals surface area contributed by atoms with E-state index in [1.165, 1.54) is 6.07 Å². The maximum absolute atomic E-state index is 10.6. The van der Waals surface area contributed by atoms with E-state index in [0.29, 0.717) is 11.3 Å². The van der Waals surface area contributed by atoms with E-state index in [9.17, 15) is 10.1 Å². The van der Waals surface area contributed by atoms with E-state index < -0.39 is 4.92 Å².